The number of aliphatic hydroxyl groups excluding tert-OH is 1. The first-order valence-corrected chi connectivity index (χ1v) is 15.6. The van der Waals surface area contributed by atoms with Crippen LogP contribution in [0, 0.1) is 17.8 Å². The summed E-state index contributed by atoms with van der Waals surface area (Å²) in [7, 11) is 0. The molecule has 1 amide bonds. The van der Waals surface area contributed by atoms with Crippen LogP contribution < -0.4 is 10.2 Å². The molecule has 1 heterocycles. The van der Waals surface area contributed by atoms with E-state index in [1.165, 1.54) is 61.1 Å². The molecule has 0 aromatic heterocycles. The number of para-hydroxylation sites is 1. The third-order valence-corrected chi connectivity index (χ3v) is 8.91. The van der Waals surface area contributed by atoms with Gasteiger partial charge in [-0.15, -0.1) is 0 Å². The number of aliphatic imine (C=N–C) groups is 1. The fraction of sp³-hybridized carbons (Fsp3) is 0.588. The van der Waals surface area contributed by atoms with Crippen LogP contribution in [0.1, 0.15) is 95.1 Å². The second-order valence-electron chi connectivity index (χ2n) is 12.1. The topological polar surface area (TPSA) is 64.9 Å². The first-order chi connectivity index (χ1) is 19.1. The number of aliphatic hydroxyl groups is 1. The molecule has 5 rings (SSSR count). The van der Waals surface area contributed by atoms with Crippen LogP contribution in [0.5, 0.6) is 0 Å². The highest BCUT2D eigenvalue weighted by Crippen LogP contribution is 2.37. The van der Waals surface area contributed by atoms with Crippen molar-refractivity contribution in [2.75, 3.05) is 11.4 Å². The van der Waals surface area contributed by atoms with Gasteiger partial charge in [0.05, 0.1) is 18.6 Å². The van der Waals surface area contributed by atoms with E-state index >= 15 is 0 Å². The standard InChI is InChI=1S/C34H47N3O2/c1-2-3-19-31(38)29(22-25-20-21-25)34(39)36-32-24-37(23-26-13-7-6-8-14-26)30-18-12-11-17-28(30)33(35-32)27-15-9-4-5-10-16-27/h6-8,11-14,17-18,25,27,29,31-32,38H,2-5,9-10,15-16,19-24H2,1H3,(H,36,39). The Morgan fingerprint density at radius 1 is 1.00 bits per heavy atom. The van der Waals surface area contributed by atoms with Gasteiger partial charge in [-0.05, 0) is 43.2 Å². The lowest BCUT2D eigenvalue weighted by Crippen LogP contribution is -2.47. The first kappa shape index (κ1) is 27.9. The fourth-order valence-corrected chi connectivity index (χ4v) is 6.50. The Hall–Kier alpha value is -2.66. The number of benzodiazepines with no additional fused rings is 1. The second-order valence-corrected chi connectivity index (χ2v) is 12.1. The Morgan fingerprint density at radius 2 is 1.72 bits per heavy atom. The van der Waals surface area contributed by atoms with Crippen LogP contribution >= 0.6 is 0 Å². The van der Waals surface area contributed by atoms with Gasteiger partial charge in [0, 0.05) is 29.4 Å². The predicted molar refractivity (Wildman–Crippen MR) is 160 cm³/mol. The van der Waals surface area contributed by atoms with Crippen molar-refractivity contribution in [3.63, 3.8) is 0 Å². The van der Waals surface area contributed by atoms with E-state index in [2.05, 4.69) is 71.7 Å². The van der Waals surface area contributed by atoms with Gasteiger partial charge in [-0.3, -0.25) is 9.79 Å². The molecule has 3 atom stereocenters. The Kier molecular flexibility index (Phi) is 9.73. The summed E-state index contributed by atoms with van der Waals surface area (Å²) in [5, 5.41) is 14.4. The molecule has 0 bridgehead atoms. The van der Waals surface area contributed by atoms with Crippen molar-refractivity contribution in [1.29, 1.82) is 0 Å². The van der Waals surface area contributed by atoms with E-state index in [0.717, 1.165) is 38.6 Å². The smallest absolute Gasteiger partial charge is 0.227 e. The second kappa shape index (κ2) is 13.6. The third kappa shape index (κ3) is 7.51. The highest BCUT2D eigenvalue weighted by molar-refractivity contribution is 6.07. The van der Waals surface area contributed by atoms with E-state index in [-0.39, 0.29) is 18.0 Å². The highest BCUT2D eigenvalue weighted by atomic mass is 16.3. The highest BCUT2D eigenvalue weighted by Gasteiger charge is 2.36. The lowest BCUT2D eigenvalue weighted by Gasteiger charge is -2.29. The number of hydrogen-bond donors (Lipinski definition) is 2. The number of amides is 1. The molecular weight excluding hydrogens is 482 g/mol. The van der Waals surface area contributed by atoms with Crippen molar-refractivity contribution in [3.05, 3.63) is 65.7 Å². The molecule has 2 aliphatic carbocycles. The molecule has 5 heteroatoms. The Balaban J connectivity index is 1.45. The van der Waals surface area contributed by atoms with Crippen LogP contribution in [-0.4, -0.2) is 35.5 Å². The molecule has 2 N–H and O–H groups in total. The number of nitrogens with zero attached hydrogens (tertiary/aromatic N) is 2. The van der Waals surface area contributed by atoms with Crippen molar-refractivity contribution < 1.29 is 9.90 Å². The van der Waals surface area contributed by atoms with Crippen LogP contribution in [-0.2, 0) is 11.3 Å². The van der Waals surface area contributed by atoms with Gasteiger partial charge in [-0.25, -0.2) is 0 Å². The van der Waals surface area contributed by atoms with Gasteiger partial charge in [-0.1, -0.05) is 107 Å². The fourth-order valence-electron chi connectivity index (χ4n) is 6.50. The van der Waals surface area contributed by atoms with Crippen LogP contribution in [0.4, 0.5) is 5.69 Å². The summed E-state index contributed by atoms with van der Waals surface area (Å²) < 4.78 is 0. The van der Waals surface area contributed by atoms with Crippen LogP contribution in [0.2, 0.25) is 0 Å². The van der Waals surface area contributed by atoms with Crippen molar-refractivity contribution >= 4 is 17.3 Å². The molecular formula is C34H47N3O2. The molecule has 2 saturated carbocycles. The molecule has 2 fully saturated rings. The van der Waals surface area contributed by atoms with Gasteiger partial charge in [-0.2, -0.15) is 0 Å². The number of benzene rings is 2. The summed E-state index contributed by atoms with van der Waals surface area (Å²) in [6.45, 7) is 3.52. The first-order valence-electron chi connectivity index (χ1n) is 15.6. The summed E-state index contributed by atoms with van der Waals surface area (Å²) >= 11 is 0. The average molecular weight is 530 g/mol. The maximum Gasteiger partial charge on any atom is 0.227 e. The zero-order valence-corrected chi connectivity index (χ0v) is 23.7. The lowest BCUT2D eigenvalue weighted by molar-refractivity contribution is -0.129. The molecule has 210 valence electrons. The number of anilines is 1. The quantitative estimate of drug-likeness (QED) is 0.312. The number of unbranched alkanes of at least 4 members (excludes halogenated alkanes) is 1. The van der Waals surface area contributed by atoms with E-state index in [4.69, 9.17) is 4.99 Å². The van der Waals surface area contributed by atoms with E-state index in [9.17, 15) is 9.90 Å². The molecule has 39 heavy (non-hydrogen) atoms. The van der Waals surface area contributed by atoms with E-state index in [0.29, 0.717) is 24.8 Å². The normalized spacial score (nSPS) is 21.7. The van der Waals surface area contributed by atoms with Gasteiger partial charge >= 0.3 is 0 Å². The molecule has 2 aromatic carbocycles. The van der Waals surface area contributed by atoms with Crippen molar-refractivity contribution in [3.8, 4) is 0 Å². The summed E-state index contributed by atoms with van der Waals surface area (Å²) in [5.41, 5.74) is 4.84. The Labute approximate surface area is 235 Å². The van der Waals surface area contributed by atoms with Crippen LogP contribution in [0.3, 0.4) is 0 Å². The number of fused-ring (bicyclic) bond motifs is 1. The molecule has 5 nitrogen and oxygen atoms in total. The number of nitrogens with one attached hydrogen (secondary N) is 1. The van der Waals surface area contributed by atoms with E-state index in [1.54, 1.807) is 0 Å². The molecule has 2 aromatic rings. The minimum absolute atomic E-state index is 0.0231. The summed E-state index contributed by atoms with van der Waals surface area (Å²) in [5.74, 6) is 0.621. The number of carbonyl (C=O) groups excluding carboxylic acids is 1. The molecule has 0 radical (unpaired) electrons. The number of hydrogen-bond acceptors (Lipinski definition) is 4. The van der Waals surface area contributed by atoms with Gasteiger partial charge in [0.15, 0.2) is 0 Å². The average Bonchev–Trinajstić information content (AvgIpc) is 3.81. The van der Waals surface area contributed by atoms with E-state index in [1.807, 2.05) is 0 Å². The van der Waals surface area contributed by atoms with Crippen molar-refractivity contribution in [2.24, 2.45) is 22.7 Å². The van der Waals surface area contributed by atoms with Crippen LogP contribution in [0.25, 0.3) is 0 Å². The van der Waals surface area contributed by atoms with Gasteiger partial charge in [0.1, 0.15) is 6.17 Å². The minimum Gasteiger partial charge on any atom is -0.392 e. The largest absolute Gasteiger partial charge is 0.392 e. The molecule has 0 spiro atoms. The van der Waals surface area contributed by atoms with Crippen LogP contribution in [0.15, 0.2) is 59.6 Å². The van der Waals surface area contributed by atoms with Gasteiger partial charge in [0.25, 0.3) is 0 Å². The zero-order valence-electron chi connectivity index (χ0n) is 23.7. The van der Waals surface area contributed by atoms with Crippen molar-refractivity contribution in [2.45, 2.75) is 103 Å². The zero-order chi connectivity index (χ0) is 27.0. The molecule has 3 unspecified atom stereocenters. The molecule has 3 aliphatic rings. The molecule has 0 saturated heterocycles. The van der Waals surface area contributed by atoms with Gasteiger partial charge in [0.2, 0.25) is 5.91 Å². The Bertz CT molecular complexity index is 1090. The monoisotopic (exact) mass is 529 g/mol. The maximum atomic E-state index is 13.8. The van der Waals surface area contributed by atoms with Crippen molar-refractivity contribution in [1.82, 2.24) is 5.32 Å². The number of carbonyl (C=O) groups is 1. The van der Waals surface area contributed by atoms with Gasteiger partial charge < -0.3 is 15.3 Å². The van der Waals surface area contributed by atoms with E-state index < -0.39 is 6.10 Å². The summed E-state index contributed by atoms with van der Waals surface area (Å²) in [6.07, 6.45) is 12.3. The summed E-state index contributed by atoms with van der Waals surface area (Å²) in [4.78, 5) is 21.6. The maximum absolute atomic E-state index is 13.8. The molecule has 1 aliphatic heterocycles. The minimum atomic E-state index is -0.584. The SMILES string of the molecule is CCCCC(O)C(CC1CC1)C(=O)NC1CN(Cc2ccccc2)c2ccccc2C(C2CCCCCC2)=N1. The number of rotatable bonds is 11. The lowest BCUT2D eigenvalue weighted by atomic mass is 9.89. The predicted octanol–water partition coefficient (Wildman–Crippen LogP) is 6.88. The third-order valence-electron chi connectivity index (χ3n) is 8.91. The Morgan fingerprint density at radius 3 is 2.44 bits per heavy atom. The summed E-state index contributed by atoms with van der Waals surface area (Å²) in [6, 6.07) is 19.3.